The number of hydrogen-bond acceptors (Lipinski definition) is 5. The molecule has 1 saturated heterocycles. The molecule has 124 valence electrons. The molecule has 0 saturated carbocycles. The van der Waals surface area contributed by atoms with E-state index in [9.17, 15) is 4.79 Å². The Morgan fingerprint density at radius 2 is 2.04 bits per heavy atom. The van der Waals surface area contributed by atoms with Gasteiger partial charge in [-0.2, -0.15) is 5.26 Å². The van der Waals surface area contributed by atoms with Crippen LogP contribution < -0.4 is 9.64 Å². The van der Waals surface area contributed by atoms with Crippen molar-refractivity contribution in [1.82, 2.24) is 4.90 Å². The number of thiophene rings is 1. The van der Waals surface area contributed by atoms with Crippen LogP contribution in [0.3, 0.4) is 0 Å². The number of anilines is 1. The molecule has 1 fully saturated rings. The van der Waals surface area contributed by atoms with E-state index in [1.165, 1.54) is 11.3 Å². The van der Waals surface area contributed by atoms with Crippen molar-refractivity contribution in [2.75, 3.05) is 37.7 Å². The Hall–Kier alpha value is -2.52. The Kier molecular flexibility index (Phi) is 5.02. The number of hydrogen-bond donors (Lipinski definition) is 0. The van der Waals surface area contributed by atoms with E-state index >= 15 is 0 Å². The van der Waals surface area contributed by atoms with Crippen molar-refractivity contribution in [3.63, 3.8) is 0 Å². The number of para-hydroxylation sites is 2. The summed E-state index contributed by atoms with van der Waals surface area (Å²) in [5, 5.41) is 10.6. The van der Waals surface area contributed by atoms with Crippen molar-refractivity contribution >= 4 is 22.9 Å². The average molecular weight is 341 g/mol. The monoisotopic (exact) mass is 341 g/mol. The van der Waals surface area contributed by atoms with Gasteiger partial charge in [0.1, 0.15) is 11.8 Å². The fraction of sp³-hybridized carbons (Fsp3) is 0.333. The fourth-order valence-corrected chi connectivity index (χ4v) is 3.61. The maximum absolute atomic E-state index is 12.5. The number of ether oxygens (including phenoxy) is 1. The van der Waals surface area contributed by atoms with E-state index in [1.54, 1.807) is 11.4 Å². The minimum Gasteiger partial charge on any atom is -0.492 e. The molecule has 2 heterocycles. The summed E-state index contributed by atoms with van der Waals surface area (Å²) in [6.45, 7) is 5.48. The molecule has 1 aliphatic heterocycles. The molecule has 3 rings (SSSR count). The van der Waals surface area contributed by atoms with Crippen LogP contribution in [0.1, 0.15) is 22.2 Å². The second-order valence-electron chi connectivity index (χ2n) is 5.49. The lowest BCUT2D eigenvalue weighted by Gasteiger charge is -2.36. The van der Waals surface area contributed by atoms with Crippen LogP contribution in [0.5, 0.6) is 5.75 Å². The summed E-state index contributed by atoms with van der Waals surface area (Å²) in [7, 11) is 0. The lowest BCUT2D eigenvalue weighted by molar-refractivity contribution is 0.0751. The minimum absolute atomic E-state index is 0.0132. The summed E-state index contributed by atoms with van der Waals surface area (Å²) in [4.78, 5) is 17.3. The highest BCUT2D eigenvalue weighted by Crippen LogP contribution is 2.29. The van der Waals surface area contributed by atoms with Gasteiger partial charge in [0.15, 0.2) is 0 Å². The number of carbonyl (C=O) groups is 1. The maximum Gasteiger partial charge on any atom is 0.264 e. The molecular weight excluding hydrogens is 322 g/mol. The van der Waals surface area contributed by atoms with Crippen LogP contribution in [0.4, 0.5) is 5.69 Å². The van der Waals surface area contributed by atoms with Gasteiger partial charge < -0.3 is 14.5 Å². The van der Waals surface area contributed by atoms with Crippen LogP contribution in [-0.4, -0.2) is 43.6 Å². The number of nitriles is 1. The number of benzene rings is 1. The average Bonchev–Trinajstić information content (AvgIpc) is 3.11. The summed E-state index contributed by atoms with van der Waals surface area (Å²) in [5.41, 5.74) is 1.63. The zero-order chi connectivity index (χ0) is 16.9. The van der Waals surface area contributed by atoms with Gasteiger partial charge in [0.05, 0.1) is 22.7 Å². The molecule has 0 bridgehead atoms. The van der Waals surface area contributed by atoms with Crippen LogP contribution in [0.2, 0.25) is 0 Å². The third kappa shape index (κ3) is 3.36. The van der Waals surface area contributed by atoms with E-state index in [1.807, 2.05) is 30.0 Å². The van der Waals surface area contributed by atoms with Crippen molar-refractivity contribution in [3.8, 4) is 11.8 Å². The van der Waals surface area contributed by atoms with Crippen LogP contribution in [0.15, 0.2) is 35.7 Å². The molecule has 2 aromatic rings. The van der Waals surface area contributed by atoms with E-state index in [2.05, 4.69) is 17.0 Å². The molecule has 0 N–H and O–H groups in total. The molecule has 0 unspecified atom stereocenters. The highest BCUT2D eigenvalue weighted by atomic mass is 32.1. The molecule has 6 heteroatoms. The van der Waals surface area contributed by atoms with Crippen molar-refractivity contribution < 1.29 is 9.53 Å². The predicted octanol–water partition coefficient (Wildman–Crippen LogP) is 2.98. The van der Waals surface area contributed by atoms with E-state index in [0.717, 1.165) is 24.5 Å². The van der Waals surface area contributed by atoms with Crippen molar-refractivity contribution in [3.05, 3.63) is 46.2 Å². The van der Waals surface area contributed by atoms with Gasteiger partial charge in [-0.05, 0) is 25.1 Å². The third-order valence-corrected chi connectivity index (χ3v) is 4.93. The first-order valence-electron chi connectivity index (χ1n) is 7.97. The molecule has 0 atom stereocenters. The number of piperazine rings is 1. The fourth-order valence-electron chi connectivity index (χ4n) is 2.81. The van der Waals surface area contributed by atoms with Gasteiger partial charge in [-0.25, -0.2) is 0 Å². The zero-order valence-corrected chi connectivity index (χ0v) is 14.4. The zero-order valence-electron chi connectivity index (χ0n) is 13.6. The topological polar surface area (TPSA) is 56.6 Å². The lowest BCUT2D eigenvalue weighted by atomic mass is 10.2. The summed E-state index contributed by atoms with van der Waals surface area (Å²) < 4.78 is 5.70. The Morgan fingerprint density at radius 1 is 1.29 bits per heavy atom. The van der Waals surface area contributed by atoms with E-state index in [-0.39, 0.29) is 5.91 Å². The van der Waals surface area contributed by atoms with Gasteiger partial charge in [0.2, 0.25) is 0 Å². The second-order valence-corrected chi connectivity index (χ2v) is 6.40. The quantitative estimate of drug-likeness (QED) is 0.858. The largest absolute Gasteiger partial charge is 0.492 e. The molecule has 1 aliphatic rings. The van der Waals surface area contributed by atoms with Crippen LogP contribution >= 0.6 is 11.3 Å². The number of amides is 1. The summed E-state index contributed by atoms with van der Waals surface area (Å²) >= 11 is 1.33. The highest BCUT2D eigenvalue weighted by molar-refractivity contribution is 7.12. The smallest absolute Gasteiger partial charge is 0.264 e. The van der Waals surface area contributed by atoms with Crippen LogP contribution in [0.25, 0.3) is 0 Å². The molecular formula is C18H19N3O2S. The van der Waals surface area contributed by atoms with Gasteiger partial charge in [0.25, 0.3) is 5.91 Å². The summed E-state index contributed by atoms with van der Waals surface area (Å²) in [6.07, 6.45) is 0. The number of carbonyl (C=O) groups excluding carboxylic acids is 1. The Bertz CT molecular complexity index is 758. The highest BCUT2D eigenvalue weighted by Gasteiger charge is 2.24. The standard InChI is InChI=1S/C18H19N3O2S/c1-2-23-16-6-4-3-5-15(16)20-7-9-21(10-8-20)18(22)17-11-14(12-19)13-24-17/h3-6,11,13H,2,7-10H2,1H3. The molecule has 24 heavy (non-hydrogen) atoms. The van der Waals surface area contributed by atoms with Crippen LogP contribution in [0, 0.1) is 11.3 Å². The molecule has 0 radical (unpaired) electrons. The lowest BCUT2D eigenvalue weighted by Crippen LogP contribution is -2.48. The SMILES string of the molecule is CCOc1ccccc1N1CCN(C(=O)c2cc(C#N)cs2)CC1. The van der Waals surface area contributed by atoms with Gasteiger partial charge >= 0.3 is 0 Å². The molecule has 0 spiro atoms. The normalized spacial score (nSPS) is 14.3. The predicted molar refractivity (Wildman–Crippen MR) is 94.8 cm³/mol. The molecule has 1 aromatic carbocycles. The van der Waals surface area contributed by atoms with E-state index in [0.29, 0.717) is 30.1 Å². The van der Waals surface area contributed by atoms with Gasteiger partial charge in [0, 0.05) is 31.6 Å². The first-order chi connectivity index (χ1) is 11.7. The maximum atomic E-state index is 12.5. The molecule has 1 amide bonds. The second kappa shape index (κ2) is 7.37. The van der Waals surface area contributed by atoms with Crippen molar-refractivity contribution in [1.29, 1.82) is 5.26 Å². The van der Waals surface area contributed by atoms with Crippen molar-refractivity contribution in [2.24, 2.45) is 0 Å². The molecule has 0 aliphatic carbocycles. The summed E-state index contributed by atoms with van der Waals surface area (Å²) in [5.74, 6) is 0.899. The number of rotatable bonds is 4. The Morgan fingerprint density at radius 3 is 2.71 bits per heavy atom. The number of nitrogens with zero attached hydrogens (tertiary/aromatic N) is 3. The first kappa shape index (κ1) is 16.3. The van der Waals surface area contributed by atoms with E-state index in [4.69, 9.17) is 10.00 Å². The molecule has 1 aromatic heterocycles. The first-order valence-corrected chi connectivity index (χ1v) is 8.85. The van der Waals surface area contributed by atoms with Gasteiger partial charge in [-0.3, -0.25) is 4.79 Å². The third-order valence-electron chi connectivity index (χ3n) is 4.01. The van der Waals surface area contributed by atoms with E-state index < -0.39 is 0 Å². The van der Waals surface area contributed by atoms with Gasteiger partial charge in [-0.1, -0.05) is 12.1 Å². The Labute approximate surface area is 145 Å². The van der Waals surface area contributed by atoms with Gasteiger partial charge in [-0.15, -0.1) is 11.3 Å². The van der Waals surface area contributed by atoms with Crippen LogP contribution in [-0.2, 0) is 0 Å². The summed E-state index contributed by atoms with van der Waals surface area (Å²) in [6, 6.07) is 11.7. The molecule has 5 nitrogen and oxygen atoms in total. The minimum atomic E-state index is 0.0132. The Balaban J connectivity index is 1.66. The van der Waals surface area contributed by atoms with Crippen molar-refractivity contribution in [2.45, 2.75) is 6.92 Å².